The van der Waals surface area contributed by atoms with Crippen LogP contribution in [0.2, 0.25) is 0 Å². The van der Waals surface area contributed by atoms with Gasteiger partial charge in [-0.2, -0.15) is 0 Å². The molecule has 2 amide bonds. The monoisotopic (exact) mass is 553 g/mol. The highest BCUT2D eigenvalue weighted by molar-refractivity contribution is 7.13. The molecule has 1 aliphatic carbocycles. The molecule has 0 bridgehead atoms. The molecule has 1 aromatic heterocycles. The van der Waals surface area contributed by atoms with Gasteiger partial charge in [0.05, 0.1) is 0 Å². The summed E-state index contributed by atoms with van der Waals surface area (Å²) in [5.74, 6) is -4.72. The predicted molar refractivity (Wildman–Crippen MR) is 142 cm³/mol. The minimum atomic E-state index is -2.79. The normalized spacial score (nSPS) is 18.7. The van der Waals surface area contributed by atoms with Gasteiger partial charge in [-0.05, 0) is 50.7 Å². The molecule has 1 aromatic carbocycles. The fraction of sp³-hybridized carbons (Fsp3) is 0.400. The first kappa shape index (κ1) is 28.5. The van der Waals surface area contributed by atoms with E-state index in [0.29, 0.717) is 0 Å². The number of rotatable bonds is 9. The van der Waals surface area contributed by atoms with Gasteiger partial charge in [0.1, 0.15) is 5.01 Å². The van der Waals surface area contributed by atoms with Crippen LogP contribution in [0.4, 0.5) is 18.9 Å². The molecule has 1 fully saturated rings. The maximum atomic E-state index is 14.4. The van der Waals surface area contributed by atoms with Gasteiger partial charge < -0.3 is 5.32 Å². The number of carbonyl (C=O) groups excluding carboxylic acids is 2. The summed E-state index contributed by atoms with van der Waals surface area (Å²) in [6, 6.07) is 5.89. The van der Waals surface area contributed by atoms with E-state index < -0.39 is 34.9 Å². The molecule has 1 saturated carbocycles. The maximum Gasteiger partial charge on any atom is 0.278 e. The maximum absolute atomic E-state index is 14.4. The number of hydrogen-bond acceptors (Lipinski definition) is 6. The van der Waals surface area contributed by atoms with E-state index in [9.17, 15) is 22.8 Å². The number of carbonyl (C=O) groups is 2. The summed E-state index contributed by atoms with van der Waals surface area (Å²) in [6.45, 7) is 4.82. The molecule has 0 unspecified atom stereocenters. The number of alkyl halides is 4. The fourth-order valence-electron chi connectivity index (χ4n) is 4.22. The highest BCUT2D eigenvalue weighted by atomic mass is 35.5. The van der Waals surface area contributed by atoms with E-state index in [2.05, 4.69) is 27.0 Å². The minimum Gasteiger partial charge on any atom is -0.351 e. The smallest absolute Gasteiger partial charge is 0.278 e. The van der Waals surface area contributed by atoms with Crippen LogP contribution in [-0.4, -0.2) is 59.9 Å². The highest BCUT2D eigenvalue weighted by Crippen LogP contribution is 2.36. The Balaban J connectivity index is 2.10. The molecular weight excluding hydrogens is 527 g/mol. The van der Waals surface area contributed by atoms with Gasteiger partial charge in [0.25, 0.3) is 17.4 Å². The number of anilines is 1. The number of aromatic nitrogens is 1. The summed E-state index contributed by atoms with van der Waals surface area (Å²) in [5.41, 5.74) is -3.36. The lowest BCUT2D eigenvalue weighted by molar-refractivity contribution is -0.130. The topological polar surface area (TPSA) is 87.0 Å². The molecular formula is C25H27ClF3N5O2S. The van der Waals surface area contributed by atoms with Gasteiger partial charge in [0, 0.05) is 66.7 Å². The largest absolute Gasteiger partial charge is 0.351 e. The van der Waals surface area contributed by atoms with Crippen molar-refractivity contribution in [2.75, 3.05) is 11.9 Å². The van der Waals surface area contributed by atoms with Gasteiger partial charge in [-0.25, -0.2) is 18.2 Å². The van der Waals surface area contributed by atoms with Crippen molar-refractivity contribution >= 4 is 53.4 Å². The third-order valence-electron chi connectivity index (χ3n) is 6.21. The van der Waals surface area contributed by atoms with Gasteiger partial charge in [-0.3, -0.25) is 24.5 Å². The number of nitrogens with one attached hydrogen (secondary N) is 1. The summed E-state index contributed by atoms with van der Waals surface area (Å²) >= 11 is 7.02. The minimum absolute atomic E-state index is 0.0488. The highest BCUT2D eigenvalue weighted by Gasteiger charge is 2.48. The van der Waals surface area contributed by atoms with Crippen LogP contribution in [0.25, 0.3) is 10.6 Å². The van der Waals surface area contributed by atoms with Crippen molar-refractivity contribution in [3.63, 3.8) is 0 Å². The lowest BCUT2D eigenvalue weighted by atomic mass is 9.86. The average Bonchev–Trinajstić information content (AvgIpc) is 3.40. The Morgan fingerprint density at radius 1 is 1.32 bits per heavy atom. The van der Waals surface area contributed by atoms with Gasteiger partial charge in [-0.1, -0.05) is 11.6 Å². The first-order chi connectivity index (χ1) is 17.5. The Morgan fingerprint density at radius 3 is 2.49 bits per heavy atom. The fourth-order valence-corrected chi connectivity index (χ4v) is 4.96. The van der Waals surface area contributed by atoms with Crippen LogP contribution in [0.1, 0.15) is 32.6 Å². The summed E-state index contributed by atoms with van der Waals surface area (Å²) in [4.78, 5) is 39.9. The van der Waals surface area contributed by atoms with Gasteiger partial charge in [0.15, 0.2) is 5.54 Å². The Labute approximate surface area is 222 Å². The van der Waals surface area contributed by atoms with E-state index in [-0.39, 0.29) is 36.9 Å². The van der Waals surface area contributed by atoms with Crippen molar-refractivity contribution in [1.29, 1.82) is 0 Å². The van der Waals surface area contributed by atoms with Crippen LogP contribution in [0, 0.1) is 0 Å². The van der Waals surface area contributed by atoms with Crippen LogP contribution >= 0.6 is 22.9 Å². The number of thiazole rings is 1. The van der Waals surface area contributed by atoms with Crippen molar-refractivity contribution < 1.29 is 22.8 Å². The molecule has 7 nitrogen and oxygen atoms in total. The quantitative estimate of drug-likeness (QED) is 0.332. The first-order valence-corrected chi connectivity index (χ1v) is 12.7. The van der Waals surface area contributed by atoms with Crippen molar-refractivity contribution in [3.8, 4) is 10.6 Å². The molecule has 1 heterocycles. The van der Waals surface area contributed by atoms with Crippen LogP contribution in [0.3, 0.4) is 0 Å². The second-order valence-electron chi connectivity index (χ2n) is 8.69. The SMILES string of the molecule is C=N/C=C(\C=N/C)[C@@](C)(C(=O)NC1CCC(F)(F)CC1)N(C(=O)[C@H](F)Cl)c1ccc(-c2nccs2)cc1. The Morgan fingerprint density at radius 2 is 1.97 bits per heavy atom. The number of amides is 2. The van der Waals surface area contributed by atoms with Gasteiger partial charge in [-0.15, -0.1) is 11.3 Å². The van der Waals surface area contributed by atoms with Crippen molar-refractivity contribution in [1.82, 2.24) is 10.3 Å². The molecule has 1 N–H and O–H groups in total. The number of halogens is 4. The molecule has 0 saturated heterocycles. The number of aliphatic imine (C=N–C) groups is 2. The zero-order valence-corrected chi connectivity index (χ0v) is 21.9. The van der Waals surface area contributed by atoms with Crippen LogP contribution < -0.4 is 10.2 Å². The van der Waals surface area contributed by atoms with Gasteiger partial charge in [0.2, 0.25) is 5.92 Å². The zero-order valence-electron chi connectivity index (χ0n) is 20.3. The standard InChI is InChI=1S/C25H27ClF3N5O2S/c1-24(17(14-30-2)15-31-3,23(36)33-18-8-10-25(28,29)11-9-18)34(22(35)20(26)27)19-6-4-16(5-7-19)21-32-12-13-37-21/h4-7,12-15,18,20H,2,8-11H2,1,3H3,(H,33,36)/b17-14+,31-15-/t20-,24-/m0/s1. The van der Waals surface area contributed by atoms with E-state index in [1.165, 1.54) is 37.7 Å². The van der Waals surface area contributed by atoms with E-state index in [1.807, 2.05) is 5.38 Å². The number of benzene rings is 1. The molecule has 12 heteroatoms. The first-order valence-electron chi connectivity index (χ1n) is 11.4. The molecule has 0 aliphatic heterocycles. The lowest BCUT2D eigenvalue weighted by Gasteiger charge is -2.42. The van der Waals surface area contributed by atoms with E-state index in [1.54, 1.807) is 30.5 Å². The molecule has 2 aromatic rings. The van der Waals surface area contributed by atoms with E-state index >= 15 is 0 Å². The molecule has 0 radical (unpaired) electrons. The molecule has 0 spiro atoms. The second kappa shape index (κ2) is 12.0. The summed E-state index contributed by atoms with van der Waals surface area (Å²) in [5, 5.41) is 5.31. The molecule has 1 aliphatic rings. The number of nitrogens with zero attached hydrogens (tertiary/aromatic N) is 4. The predicted octanol–water partition coefficient (Wildman–Crippen LogP) is 5.42. The average molecular weight is 554 g/mol. The Kier molecular flexibility index (Phi) is 9.25. The second-order valence-corrected chi connectivity index (χ2v) is 9.97. The molecule has 3 rings (SSSR count). The molecule has 198 valence electrons. The van der Waals surface area contributed by atoms with Gasteiger partial charge >= 0.3 is 0 Å². The third kappa shape index (κ3) is 6.45. The van der Waals surface area contributed by atoms with Crippen molar-refractivity contribution in [3.05, 3.63) is 47.6 Å². The van der Waals surface area contributed by atoms with Crippen molar-refractivity contribution in [2.24, 2.45) is 9.98 Å². The lowest BCUT2D eigenvalue weighted by Crippen LogP contribution is -2.63. The van der Waals surface area contributed by atoms with Crippen LogP contribution in [-0.2, 0) is 9.59 Å². The van der Waals surface area contributed by atoms with E-state index in [0.717, 1.165) is 15.5 Å². The summed E-state index contributed by atoms with van der Waals surface area (Å²) < 4.78 is 41.7. The zero-order chi connectivity index (χ0) is 27.2. The Bertz CT molecular complexity index is 1160. The number of hydrogen-bond donors (Lipinski definition) is 1. The summed E-state index contributed by atoms with van der Waals surface area (Å²) in [7, 11) is 1.45. The Hall–Kier alpha value is -3.05. The van der Waals surface area contributed by atoms with Crippen LogP contribution in [0.5, 0.6) is 0 Å². The van der Waals surface area contributed by atoms with Crippen molar-refractivity contribution in [2.45, 2.75) is 55.7 Å². The molecule has 37 heavy (non-hydrogen) atoms. The van der Waals surface area contributed by atoms with Crippen LogP contribution in [0.15, 0.2) is 57.6 Å². The van der Waals surface area contributed by atoms with E-state index in [4.69, 9.17) is 11.6 Å². The third-order valence-corrected chi connectivity index (χ3v) is 7.22. The molecule has 2 atom stereocenters. The summed E-state index contributed by atoms with van der Waals surface area (Å²) in [6.07, 6.45) is 3.52.